The maximum atomic E-state index is 11.6. The summed E-state index contributed by atoms with van der Waals surface area (Å²) in [5.41, 5.74) is 0.200. The molecule has 0 bridgehead atoms. The van der Waals surface area contributed by atoms with E-state index in [4.69, 9.17) is 5.11 Å². The Morgan fingerprint density at radius 3 is 2.29 bits per heavy atom. The van der Waals surface area contributed by atoms with E-state index in [1.807, 2.05) is 0 Å². The molecule has 7 nitrogen and oxygen atoms in total. The van der Waals surface area contributed by atoms with Crippen LogP contribution < -0.4 is 4.31 Å². The number of nitro groups is 1. The fourth-order valence-electron chi connectivity index (χ4n) is 1.20. The van der Waals surface area contributed by atoms with Crippen LogP contribution in [0.25, 0.3) is 0 Å². The zero-order valence-corrected chi connectivity index (χ0v) is 9.92. The summed E-state index contributed by atoms with van der Waals surface area (Å²) in [6.45, 7) is -0.473. The SMILES string of the molecule is CN(c1ccc([N+](=O)[O-])cc1)S(=O)(=O)CCO. The van der Waals surface area contributed by atoms with Gasteiger partial charge in [-0.15, -0.1) is 0 Å². The Hall–Kier alpha value is -1.67. The van der Waals surface area contributed by atoms with E-state index in [0.29, 0.717) is 5.69 Å². The second-order valence-corrected chi connectivity index (χ2v) is 5.40. The third kappa shape index (κ3) is 3.14. The topological polar surface area (TPSA) is 101 Å². The van der Waals surface area contributed by atoms with Gasteiger partial charge in [-0.25, -0.2) is 8.42 Å². The van der Waals surface area contributed by atoms with Crippen molar-refractivity contribution in [3.05, 3.63) is 34.4 Å². The van der Waals surface area contributed by atoms with Gasteiger partial charge in [-0.1, -0.05) is 0 Å². The maximum absolute atomic E-state index is 11.6. The first kappa shape index (κ1) is 13.4. The predicted molar refractivity (Wildman–Crippen MR) is 62.4 cm³/mol. The van der Waals surface area contributed by atoms with Crippen LogP contribution in [0.2, 0.25) is 0 Å². The molecule has 0 aliphatic rings. The highest BCUT2D eigenvalue weighted by Crippen LogP contribution is 2.20. The second kappa shape index (κ2) is 5.11. The van der Waals surface area contributed by atoms with Crippen molar-refractivity contribution in [3.8, 4) is 0 Å². The van der Waals surface area contributed by atoms with Gasteiger partial charge in [0.2, 0.25) is 10.0 Å². The molecule has 0 saturated heterocycles. The quantitative estimate of drug-likeness (QED) is 0.608. The number of hydrogen-bond donors (Lipinski definition) is 1. The van der Waals surface area contributed by atoms with Crippen molar-refractivity contribution in [1.29, 1.82) is 0 Å². The van der Waals surface area contributed by atoms with E-state index < -0.39 is 21.6 Å². The molecule has 1 N–H and O–H groups in total. The van der Waals surface area contributed by atoms with Crippen LogP contribution in [0.3, 0.4) is 0 Å². The lowest BCUT2D eigenvalue weighted by molar-refractivity contribution is -0.384. The number of hydrogen-bond acceptors (Lipinski definition) is 5. The van der Waals surface area contributed by atoms with Gasteiger partial charge < -0.3 is 5.11 Å². The summed E-state index contributed by atoms with van der Waals surface area (Å²) in [6.07, 6.45) is 0. The average Bonchev–Trinajstić information content (AvgIpc) is 2.28. The zero-order chi connectivity index (χ0) is 13.1. The van der Waals surface area contributed by atoms with Crippen LogP contribution in [0.1, 0.15) is 0 Å². The third-order valence-corrected chi connectivity index (χ3v) is 3.93. The van der Waals surface area contributed by atoms with Crippen molar-refractivity contribution in [1.82, 2.24) is 0 Å². The van der Waals surface area contributed by atoms with Gasteiger partial charge in [0.1, 0.15) is 0 Å². The van der Waals surface area contributed by atoms with Gasteiger partial charge in [-0.3, -0.25) is 14.4 Å². The molecule has 0 aromatic heterocycles. The highest BCUT2D eigenvalue weighted by Gasteiger charge is 2.18. The van der Waals surface area contributed by atoms with E-state index in [1.54, 1.807) is 0 Å². The number of aliphatic hydroxyl groups is 1. The average molecular weight is 260 g/mol. The molecule has 0 saturated carbocycles. The number of rotatable bonds is 5. The highest BCUT2D eigenvalue weighted by atomic mass is 32.2. The molecule has 0 aliphatic carbocycles. The van der Waals surface area contributed by atoms with Crippen LogP contribution in [0.4, 0.5) is 11.4 Å². The summed E-state index contributed by atoms with van der Waals surface area (Å²) in [7, 11) is -2.26. The number of sulfonamides is 1. The number of benzene rings is 1. The van der Waals surface area contributed by atoms with Gasteiger partial charge in [0.25, 0.3) is 5.69 Å². The molecule has 0 atom stereocenters. The Morgan fingerprint density at radius 2 is 1.88 bits per heavy atom. The molecule has 0 radical (unpaired) electrons. The van der Waals surface area contributed by atoms with Gasteiger partial charge in [-0.2, -0.15) is 0 Å². The molecule has 0 spiro atoms. The molecule has 8 heteroatoms. The summed E-state index contributed by atoms with van der Waals surface area (Å²) in [5, 5.41) is 19.0. The molecular formula is C9H12N2O5S. The van der Waals surface area contributed by atoms with Crippen LogP contribution in [0, 0.1) is 10.1 Å². The summed E-state index contributed by atoms with van der Waals surface area (Å²) >= 11 is 0. The predicted octanol–water partition coefficient (Wildman–Crippen LogP) is 0.353. The fourth-order valence-corrected chi connectivity index (χ4v) is 2.14. The Morgan fingerprint density at radius 1 is 1.35 bits per heavy atom. The highest BCUT2D eigenvalue weighted by molar-refractivity contribution is 7.92. The van der Waals surface area contributed by atoms with Crippen LogP contribution in [-0.4, -0.2) is 37.9 Å². The lowest BCUT2D eigenvalue weighted by Gasteiger charge is -2.18. The minimum absolute atomic E-state index is 0.110. The molecule has 0 heterocycles. The van der Waals surface area contributed by atoms with Crippen molar-refractivity contribution in [2.75, 3.05) is 23.7 Å². The molecule has 0 amide bonds. The number of aliphatic hydroxyl groups excluding tert-OH is 1. The summed E-state index contributed by atoms with van der Waals surface area (Å²) in [5.74, 6) is -0.388. The van der Waals surface area contributed by atoms with E-state index in [2.05, 4.69) is 0 Å². The van der Waals surface area contributed by atoms with Gasteiger partial charge >= 0.3 is 0 Å². The largest absolute Gasteiger partial charge is 0.395 e. The summed E-state index contributed by atoms with van der Waals surface area (Å²) < 4.78 is 24.1. The van der Waals surface area contributed by atoms with Gasteiger partial charge in [0.15, 0.2) is 0 Å². The standard InChI is InChI=1S/C9H12N2O5S/c1-10(17(15,16)7-6-12)8-2-4-9(5-3-8)11(13)14/h2-5,12H,6-7H2,1H3. The number of nitro benzene ring substituents is 1. The van der Waals surface area contributed by atoms with Crippen molar-refractivity contribution in [2.45, 2.75) is 0 Å². The number of non-ortho nitro benzene ring substituents is 1. The van der Waals surface area contributed by atoms with Gasteiger partial charge in [0, 0.05) is 19.2 Å². The van der Waals surface area contributed by atoms with Crippen molar-refractivity contribution < 1.29 is 18.4 Å². The van der Waals surface area contributed by atoms with Crippen molar-refractivity contribution >= 4 is 21.4 Å². The molecule has 0 unspecified atom stereocenters. The Bertz CT molecular complexity index is 497. The number of anilines is 1. The van der Waals surface area contributed by atoms with E-state index >= 15 is 0 Å². The summed E-state index contributed by atoms with van der Waals surface area (Å²) in [6, 6.07) is 5.13. The van der Waals surface area contributed by atoms with Crippen LogP contribution in [-0.2, 0) is 10.0 Å². The van der Waals surface area contributed by atoms with E-state index in [9.17, 15) is 18.5 Å². The van der Waals surface area contributed by atoms with Gasteiger partial charge in [0.05, 0.1) is 23.0 Å². The number of nitrogens with zero attached hydrogens (tertiary/aromatic N) is 2. The first-order chi connectivity index (χ1) is 7.88. The van der Waals surface area contributed by atoms with Crippen molar-refractivity contribution in [2.24, 2.45) is 0 Å². The normalized spacial score (nSPS) is 11.2. The smallest absolute Gasteiger partial charge is 0.269 e. The van der Waals surface area contributed by atoms with Crippen LogP contribution in [0.5, 0.6) is 0 Å². The first-order valence-corrected chi connectivity index (χ1v) is 6.31. The lowest BCUT2D eigenvalue weighted by atomic mass is 10.3. The molecular weight excluding hydrogens is 248 g/mol. The van der Waals surface area contributed by atoms with Crippen LogP contribution >= 0.6 is 0 Å². The summed E-state index contributed by atoms with van der Waals surface area (Å²) in [4.78, 5) is 9.86. The monoisotopic (exact) mass is 260 g/mol. The van der Waals surface area contributed by atoms with E-state index in [0.717, 1.165) is 4.31 Å². The maximum Gasteiger partial charge on any atom is 0.269 e. The molecule has 1 aromatic rings. The zero-order valence-electron chi connectivity index (χ0n) is 9.11. The molecule has 0 aliphatic heterocycles. The van der Waals surface area contributed by atoms with Crippen molar-refractivity contribution in [3.63, 3.8) is 0 Å². The Balaban J connectivity index is 2.98. The van der Waals surface area contributed by atoms with E-state index in [-0.39, 0.29) is 11.4 Å². The van der Waals surface area contributed by atoms with E-state index in [1.165, 1.54) is 31.3 Å². The molecule has 94 valence electrons. The molecule has 17 heavy (non-hydrogen) atoms. The van der Waals surface area contributed by atoms with Gasteiger partial charge in [-0.05, 0) is 12.1 Å². The molecule has 0 fully saturated rings. The fraction of sp³-hybridized carbons (Fsp3) is 0.333. The Kier molecular flexibility index (Phi) is 4.02. The lowest BCUT2D eigenvalue weighted by Crippen LogP contribution is -2.30. The Labute approximate surface area is 98.5 Å². The third-order valence-electron chi connectivity index (χ3n) is 2.19. The van der Waals surface area contributed by atoms with Crippen LogP contribution in [0.15, 0.2) is 24.3 Å². The minimum atomic E-state index is -3.58. The molecule has 1 rings (SSSR count). The minimum Gasteiger partial charge on any atom is -0.395 e. The second-order valence-electron chi connectivity index (χ2n) is 3.28. The molecule has 1 aromatic carbocycles. The first-order valence-electron chi connectivity index (χ1n) is 4.70.